The van der Waals surface area contributed by atoms with Crippen LogP contribution in [0.5, 0.6) is 0 Å². The lowest BCUT2D eigenvalue weighted by molar-refractivity contribution is 0.0952. The Balaban J connectivity index is 2.71. The zero-order chi connectivity index (χ0) is 11.3. The van der Waals surface area contributed by atoms with Crippen molar-refractivity contribution in [3.8, 4) is 0 Å². The summed E-state index contributed by atoms with van der Waals surface area (Å²) in [4.78, 5) is 11.4. The molecule has 1 aromatic heterocycles. The Morgan fingerprint density at radius 3 is 2.73 bits per heavy atom. The predicted molar refractivity (Wildman–Crippen MR) is 58.7 cm³/mol. The normalized spacial score (nSPS) is 10.1. The van der Waals surface area contributed by atoms with Gasteiger partial charge in [0.25, 0.3) is 5.91 Å². The van der Waals surface area contributed by atoms with E-state index in [2.05, 4.69) is 22.1 Å². The molecule has 1 heterocycles. The van der Waals surface area contributed by atoms with Gasteiger partial charge < -0.3 is 5.32 Å². The van der Waals surface area contributed by atoms with Crippen LogP contribution < -0.4 is 5.32 Å². The number of amides is 1. The smallest absolute Gasteiger partial charge is 0.272 e. The molecule has 1 rings (SSSR count). The lowest BCUT2D eigenvalue weighted by Gasteiger charge is -2.04. The van der Waals surface area contributed by atoms with Gasteiger partial charge in [0.2, 0.25) is 0 Å². The van der Waals surface area contributed by atoms with Gasteiger partial charge in [-0.25, -0.2) is 0 Å². The van der Waals surface area contributed by atoms with Crippen LogP contribution >= 0.6 is 0 Å². The highest BCUT2D eigenvalue weighted by atomic mass is 16.1. The van der Waals surface area contributed by atoms with Crippen molar-refractivity contribution < 1.29 is 4.79 Å². The highest BCUT2D eigenvalue weighted by molar-refractivity contribution is 5.92. The summed E-state index contributed by atoms with van der Waals surface area (Å²) in [7, 11) is 0. The Bertz CT molecular complexity index is 343. The molecule has 1 N–H and O–H groups in total. The van der Waals surface area contributed by atoms with Crippen LogP contribution in [0, 0.1) is 0 Å². The maximum atomic E-state index is 11.4. The van der Waals surface area contributed by atoms with Gasteiger partial charge in [-0.05, 0) is 18.1 Å². The second-order valence-electron chi connectivity index (χ2n) is 3.50. The van der Waals surface area contributed by atoms with Gasteiger partial charge in [-0.15, -0.1) is 11.7 Å². The third kappa shape index (κ3) is 3.16. The van der Waals surface area contributed by atoms with Crippen molar-refractivity contribution in [1.82, 2.24) is 15.5 Å². The maximum Gasteiger partial charge on any atom is 0.272 e. The Morgan fingerprint density at radius 1 is 1.53 bits per heavy atom. The zero-order valence-electron chi connectivity index (χ0n) is 9.03. The van der Waals surface area contributed by atoms with Gasteiger partial charge in [0.1, 0.15) is 0 Å². The standard InChI is InChI=1S/C11H15N3O/c1-4-7-12-11(15)10-6-5-9(8(2)3)13-14-10/h4-6,8H,1,7H2,2-3H3,(H,12,15). The molecule has 0 saturated heterocycles. The fourth-order valence-electron chi connectivity index (χ4n) is 1.03. The van der Waals surface area contributed by atoms with Gasteiger partial charge in [0, 0.05) is 6.54 Å². The minimum atomic E-state index is -0.224. The fourth-order valence-corrected chi connectivity index (χ4v) is 1.03. The Labute approximate surface area is 89.4 Å². The highest BCUT2D eigenvalue weighted by Crippen LogP contribution is 2.09. The third-order valence-corrected chi connectivity index (χ3v) is 1.92. The van der Waals surface area contributed by atoms with E-state index >= 15 is 0 Å². The van der Waals surface area contributed by atoms with E-state index in [1.54, 1.807) is 12.1 Å². The van der Waals surface area contributed by atoms with Crippen molar-refractivity contribution in [2.45, 2.75) is 19.8 Å². The Hall–Kier alpha value is -1.71. The van der Waals surface area contributed by atoms with Gasteiger partial charge in [-0.3, -0.25) is 4.79 Å². The molecule has 1 amide bonds. The van der Waals surface area contributed by atoms with Crippen molar-refractivity contribution in [2.75, 3.05) is 6.54 Å². The van der Waals surface area contributed by atoms with Gasteiger partial charge in [-0.1, -0.05) is 19.9 Å². The monoisotopic (exact) mass is 205 g/mol. The first-order valence-electron chi connectivity index (χ1n) is 4.88. The average Bonchev–Trinajstić information content (AvgIpc) is 2.26. The lowest BCUT2D eigenvalue weighted by Crippen LogP contribution is -2.24. The molecule has 0 aliphatic carbocycles. The summed E-state index contributed by atoms with van der Waals surface area (Å²) >= 11 is 0. The topological polar surface area (TPSA) is 54.9 Å². The molecule has 0 radical (unpaired) electrons. The number of nitrogens with zero attached hydrogens (tertiary/aromatic N) is 2. The van der Waals surface area contributed by atoms with Crippen molar-refractivity contribution in [1.29, 1.82) is 0 Å². The van der Waals surface area contributed by atoms with Gasteiger partial charge in [0.05, 0.1) is 5.69 Å². The largest absolute Gasteiger partial charge is 0.347 e. The average molecular weight is 205 g/mol. The Kier molecular flexibility index (Phi) is 3.97. The van der Waals surface area contributed by atoms with E-state index in [4.69, 9.17) is 0 Å². The molecule has 4 nitrogen and oxygen atoms in total. The van der Waals surface area contributed by atoms with Crippen molar-refractivity contribution in [3.63, 3.8) is 0 Å². The predicted octanol–water partition coefficient (Wildman–Crippen LogP) is 1.52. The number of carbonyl (C=O) groups is 1. The molecule has 80 valence electrons. The van der Waals surface area contributed by atoms with E-state index in [1.807, 2.05) is 19.9 Å². The minimum absolute atomic E-state index is 0.224. The summed E-state index contributed by atoms with van der Waals surface area (Å²) in [6, 6.07) is 3.50. The first kappa shape index (κ1) is 11.4. The SMILES string of the molecule is C=CCNC(=O)c1ccc(C(C)C)nn1. The van der Waals surface area contributed by atoms with Crippen LogP contribution in [0.25, 0.3) is 0 Å². The molecule has 0 aromatic carbocycles. The summed E-state index contributed by atoms with van der Waals surface area (Å²) in [6.07, 6.45) is 1.62. The van der Waals surface area contributed by atoms with Crippen molar-refractivity contribution in [2.24, 2.45) is 0 Å². The van der Waals surface area contributed by atoms with Gasteiger partial charge >= 0.3 is 0 Å². The number of nitrogens with one attached hydrogen (secondary N) is 1. The minimum Gasteiger partial charge on any atom is -0.347 e. The number of rotatable bonds is 4. The second-order valence-corrected chi connectivity index (χ2v) is 3.50. The van der Waals surface area contributed by atoms with E-state index in [0.29, 0.717) is 18.2 Å². The third-order valence-electron chi connectivity index (χ3n) is 1.92. The van der Waals surface area contributed by atoms with Crippen LogP contribution in [-0.2, 0) is 0 Å². The number of carbonyl (C=O) groups excluding carboxylic acids is 1. The van der Waals surface area contributed by atoms with Crippen LogP contribution in [0.3, 0.4) is 0 Å². The van der Waals surface area contributed by atoms with E-state index < -0.39 is 0 Å². The molecule has 0 atom stereocenters. The zero-order valence-corrected chi connectivity index (χ0v) is 9.03. The summed E-state index contributed by atoms with van der Waals surface area (Å²) in [5, 5.41) is 10.5. The lowest BCUT2D eigenvalue weighted by atomic mass is 10.1. The number of hydrogen-bond acceptors (Lipinski definition) is 3. The fraction of sp³-hybridized carbons (Fsp3) is 0.364. The highest BCUT2D eigenvalue weighted by Gasteiger charge is 2.07. The van der Waals surface area contributed by atoms with Crippen LogP contribution in [0.4, 0.5) is 0 Å². The molecule has 0 aliphatic heterocycles. The Morgan fingerprint density at radius 2 is 2.27 bits per heavy atom. The van der Waals surface area contributed by atoms with Gasteiger partial charge in [0.15, 0.2) is 5.69 Å². The molecule has 0 bridgehead atoms. The van der Waals surface area contributed by atoms with E-state index in [1.165, 1.54) is 0 Å². The van der Waals surface area contributed by atoms with E-state index in [-0.39, 0.29) is 5.91 Å². The molecule has 0 fully saturated rings. The van der Waals surface area contributed by atoms with Crippen LogP contribution in [0.15, 0.2) is 24.8 Å². The molecule has 0 unspecified atom stereocenters. The van der Waals surface area contributed by atoms with E-state index in [9.17, 15) is 4.79 Å². The number of hydrogen-bond donors (Lipinski definition) is 1. The number of aromatic nitrogens is 2. The molecular formula is C11H15N3O. The quantitative estimate of drug-likeness (QED) is 0.758. The second kappa shape index (κ2) is 5.24. The summed E-state index contributed by atoms with van der Waals surface area (Å²) in [6.45, 7) is 8.01. The maximum absolute atomic E-state index is 11.4. The van der Waals surface area contributed by atoms with Crippen molar-refractivity contribution in [3.05, 3.63) is 36.2 Å². The first-order chi connectivity index (χ1) is 7.15. The van der Waals surface area contributed by atoms with Crippen molar-refractivity contribution >= 4 is 5.91 Å². The molecule has 0 spiro atoms. The molecule has 4 heteroatoms. The molecule has 15 heavy (non-hydrogen) atoms. The summed E-state index contributed by atoms with van der Waals surface area (Å²) in [5.74, 6) is 0.0977. The first-order valence-corrected chi connectivity index (χ1v) is 4.88. The van der Waals surface area contributed by atoms with Gasteiger partial charge in [-0.2, -0.15) is 5.10 Å². The molecule has 0 aliphatic rings. The van der Waals surface area contributed by atoms with E-state index in [0.717, 1.165) is 5.69 Å². The summed E-state index contributed by atoms with van der Waals surface area (Å²) < 4.78 is 0. The molecule has 0 saturated carbocycles. The molecular weight excluding hydrogens is 190 g/mol. The van der Waals surface area contributed by atoms with Crippen LogP contribution in [0.1, 0.15) is 35.9 Å². The van der Waals surface area contributed by atoms with Crippen LogP contribution in [0.2, 0.25) is 0 Å². The van der Waals surface area contributed by atoms with Crippen LogP contribution in [-0.4, -0.2) is 22.6 Å². The molecule has 1 aromatic rings. The summed E-state index contributed by atoms with van der Waals surface area (Å²) in [5.41, 5.74) is 1.22.